The van der Waals surface area contributed by atoms with Crippen molar-refractivity contribution < 1.29 is 14.3 Å². The normalized spacial score (nSPS) is 11.3. The van der Waals surface area contributed by atoms with Crippen LogP contribution in [0, 0.1) is 0 Å². The number of carbonyl (C=O) groups is 1. The maximum atomic E-state index is 11.8. The predicted octanol–water partition coefficient (Wildman–Crippen LogP) is 2.48. The molecule has 0 fully saturated rings. The molecule has 0 atom stereocenters. The number of nitrogens with one attached hydrogen (secondary N) is 2. The highest BCUT2D eigenvalue weighted by Crippen LogP contribution is 2.23. The molecule has 22 heavy (non-hydrogen) atoms. The predicted molar refractivity (Wildman–Crippen MR) is 91.1 cm³/mol. The monoisotopic (exact) mass is 372 g/mol. The van der Waals surface area contributed by atoms with Crippen molar-refractivity contribution in [2.45, 2.75) is 32.9 Å². The second kappa shape index (κ2) is 9.12. The van der Waals surface area contributed by atoms with Crippen molar-refractivity contribution in [2.24, 2.45) is 0 Å². The summed E-state index contributed by atoms with van der Waals surface area (Å²) in [6.07, 6.45) is 0. The highest BCUT2D eigenvalue weighted by molar-refractivity contribution is 9.10. The van der Waals surface area contributed by atoms with E-state index in [-0.39, 0.29) is 18.1 Å². The lowest BCUT2D eigenvalue weighted by atomic mass is 10.1. The van der Waals surface area contributed by atoms with Crippen molar-refractivity contribution >= 4 is 21.8 Å². The molecular formula is C16H25BrN2O3. The first-order valence-corrected chi connectivity index (χ1v) is 8.03. The van der Waals surface area contributed by atoms with Crippen LogP contribution in [0.2, 0.25) is 0 Å². The molecule has 0 saturated heterocycles. The molecule has 0 radical (unpaired) electrons. The molecule has 1 rings (SSSR count). The Morgan fingerprint density at radius 1 is 1.32 bits per heavy atom. The van der Waals surface area contributed by atoms with Gasteiger partial charge >= 0.3 is 0 Å². The van der Waals surface area contributed by atoms with E-state index in [4.69, 9.17) is 9.47 Å². The zero-order valence-corrected chi connectivity index (χ0v) is 15.2. The summed E-state index contributed by atoms with van der Waals surface area (Å²) in [6.45, 7) is 7.88. The van der Waals surface area contributed by atoms with E-state index in [1.54, 1.807) is 7.11 Å². The fraction of sp³-hybridized carbons (Fsp3) is 0.562. The second-order valence-corrected chi connectivity index (χ2v) is 6.92. The van der Waals surface area contributed by atoms with Crippen molar-refractivity contribution in [3.05, 3.63) is 28.2 Å². The van der Waals surface area contributed by atoms with E-state index in [0.29, 0.717) is 18.9 Å². The SMILES string of the molecule is COCCNCc1cc(Br)ccc1OCC(=O)NC(C)(C)C. The Labute approximate surface area is 140 Å². The van der Waals surface area contributed by atoms with Gasteiger partial charge in [-0.1, -0.05) is 15.9 Å². The van der Waals surface area contributed by atoms with E-state index in [1.807, 2.05) is 39.0 Å². The van der Waals surface area contributed by atoms with E-state index in [2.05, 4.69) is 26.6 Å². The maximum Gasteiger partial charge on any atom is 0.258 e. The number of ether oxygens (including phenoxy) is 2. The molecule has 0 aromatic heterocycles. The lowest BCUT2D eigenvalue weighted by molar-refractivity contribution is -0.124. The van der Waals surface area contributed by atoms with Crippen molar-refractivity contribution in [2.75, 3.05) is 26.9 Å². The number of amides is 1. The average Bonchev–Trinajstić information content (AvgIpc) is 2.41. The van der Waals surface area contributed by atoms with Crippen LogP contribution in [-0.2, 0) is 16.1 Å². The minimum absolute atomic E-state index is 0.00394. The van der Waals surface area contributed by atoms with Gasteiger partial charge in [0.25, 0.3) is 5.91 Å². The molecule has 0 aliphatic rings. The zero-order valence-electron chi connectivity index (χ0n) is 13.7. The van der Waals surface area contributed by atoms with Crippen LogP contribution >= 0.6 is 15.9 Å². The fourth-order valence-corrected chi connectivity index (χ4v) is 2.23. The van der Waals surface area contributed by atoms with Gasteiger partial charge in [-0.25, -0.2) is 0 Å². The zero-order chi connectivity index (χ0) is 16.6. The molecule has 1 amide bonds. The molecule has 0 aliphatic heterocycles. The molecule has 2 N–H and O–H groups in total. The van der Waals surface area contributed by atoms with Gasteiger partial charge < -0.3 is 20.1 Å². The summed E-state index contributed by atoms with van der Waals surface area (Å²) in [6, 6.07) is 5.74. The van der Waals surface area contributed by atoms with Crippen LogP contribution in [0.1, 0.15) is 26.3 Å². The highest BCUT2D eigenvalue weighted by Gasteiger charge is 2.14. The first kappa shape index (κ1) is 18.9. The molecule has 124 valence electrons. The molecule has 1 aromatic rings. The van der Waals surface area contributed by atoms with Gasteiger partial charge in [-0.3, -0.25) is 4.79 Å². The Kier molecular flexibility index (Phi) is 7.85. The van der Waals surface area contributed by atoms with Gasteiger partial charge in [-0.2, -0.15) is 0 Å². The lowest BCUT2D eigenvalue weighted by Crippen LogP contribution is -2.43. The van der Waals surface area contributed by atoms with E-state index in [9.17, 15) is 4.79 Å². The van der Waals surface area contributed by atoms with Crippen LogP contribution in [0.5, 0.6) is 5.75 Å². The lowest BCUT2D eigenvalue weighted by Gasteiger charge is -2.21. The summed E-state index contributed by atoms with van der Waals surface area (Å²) in [5.41, 5.74) is 0.735. The van der Waals surface area contributed by atoms with Gasteiger partial charge in [0, 0.05) is 35.8 Å². The van der Waals surface area contributed by atoms with E-state index in [1.165, 1.54) is 0 Å². The van der Waals surface area contributed by atoms with Crippen molar-refractivity contribution in [3.63, 3.8) is 0 Å². The number of carbonyl (C=O) groups excluding carboxylic acids is 1. The minimum atomic E-state index is -0.259. The Bertz CT molecular complexity index is 487. The van der Waals surface area contributed by atoms with Crippen LogP contribution in [0.4, 0.5) is 0 Å². The first-order chi connectivity index (χ1) is 10.3. The molecule has 1 aromatic carbocycles. The maximum absolute atomic E-state index is 11.8. The third-order valence-corrected chi connectivity index (χ3v) is 3.19. The number of halogens is 1. The van der Waals surface area contributed by atoms with Crippen LogP contribution in [0.25, 0.3) is 0 Å². The van der Waals surface area contributed by atoms with Gasteiger partial charge in [0.2, 0.25) is 0 Å². The summed E-state index contributed by atoms with van der Waals surface area (Å²) in [7, 11) is 1.67. The quantitative estimate of drug-likeness (QED) is 0.688. The molecule has 5 nitrogen and oxygen atoms in total. The van der Waals surface area contributed by atoms with E-state index in [0.717, 1.165) is 16.6 Å². The molecule has 0 spiro atoms. The number of hydrogen-bond donors (Lipinski definition) is 2. The van der Waals surface area contributed by atoms with E-state index < -0.39 is 0 Å². The largest absolute Gasteiger partial charge is 0.483 e. The number of methoxy groups -OCH3 is 1. The summed E-state index contributed by atoms with van der Waals surface area (Å²) in [5.74, 6) is 0.575. The Morgan fingerprint density at radius 2 is 2.05 bits per heavy atom. The van der Waals surface area contributed by atoms with Gasteiger partial charge in [0.05, 0.1) is 6.61 Å². The average molecular weight is 373 g/mol. The smallest absolute Gasteiger partial charge is 0.258 e. The molecule has 0 bridgehead atoms. The Hall–Kier alpha value is -1.11. The Morgan fingerprint density at radius 3 is 2.68 bits per heavy atom. The Balaban J connectivity index is 2.59. The standard InChI is InChI=1S/C16H25BrN2O3/c1-16(2,3)19-15(20)11-22-14-6-5-13(17)9-12(14)10-18-7-8-21-4/h5-6,9,18H,7-8,10-11H2,1-4H3,(H,19,20). The van der Waals surface area contributed by atoms with Crippen molar-refractivity contribution in [3.8, 4) is 5.75 Å². The van der Waals surface area contributed by atoms with Crippen LogP contribution in [-0.4, -0.2) is 38.3 Å². The van der Waals surface area contributed by atoms with Gasteiger partial charge in [-0.05, 0) is 39.0 Å². The van der Waals surface area contributed by atoms with Crippen LogP contribution in [0.15, 0.2) is 22.7 Å². The van der Waals surface area contributed by atoms with Crippen LogP contribution in [0.3, 0.4) is 0 Å². The summed E-state index contributed by atoms with van der Waals surface area (Å²) < 4.78 is 11.6. The molecule has 0 saturated carbocycles. The topological polar surface area (TPSA) is 59.6 Å². The number of rotatable bonds is 8. The first-order valence-electron chi connectivity index (χ1n) is 7.24. The summed E-state index contributed by atoms with van der Waals surface area (Å²) >= 11 is 3.45. The molecule has 0 heterocycles. The van der Waals surface area contributed by atoms with Gasteiger partial charge in [0.1, 0.15) is 5.75 Å². The highest BCUT2D eigenvalue weighted by atomic mass is 79.9. The molecule has 0 aliphatic carbocycles. The summed E-state index contributed by atoms with van der Waals surface area (Å²) in [4.78, 5) is 11.8. The van der Waals surface area contributed by atoms with Gasteiger partial charge in [0.15, 0.2) is 6.61 Å². The third-order valence-electron chi connectivity index (χ3n) is 2.69. The van der Waals surface area contributed by atoms with Crippen molar-refractivity contribution in [1.82, 2.24) is 10.6 Å². The number of benzene rings is 1. The molecule has 6 heteroatoms. The van der Waals surface area contributed by atoms with E-state index >= 15 is 0 Å². The van der Waals surface area contributed by atoms with Gasteiger partial charge in [-0.15, -0.1) is 0 Å². The summed E-state index contributed by atoms with van der Waals surface area (Å²) in [5, 5.41) is 6.14. The van der Waals surface area contributed by atoms with Crippen molar-refractivity contribution in [1.29, 1.82) is 0 Å². The molecular weight excluding hydrogens is 348 g/mol. The number of hydrogen-bond acceptors (Lipinski definition) is 4. The fourth-order valence-electron chi connectivity index (χ4n) is 1.82. The molecule has 0 unspecified atom stereocenters. The second-order valence-electron chi connectivity index (χ2n) is 6.01. The minimum Gasteiger partial charge on any atom is -0.483 e. The van der Waals surface area contributed by atoms with Crippen LogP contribution < -0.4 is 15.4 Å². The third kappa shape index (κ3) is 7.77.